The number of nitrogens with two attached hydrogens (primary N) is 1. The number of aromatic nitrogens is 3. The number of methoxy groups -OCH3 is 1. The number of rotatable bonds is 3. The molecule has 0 aliphatic carbocycles. The fourth-order valence-corrected chi connectivity index (χ4v) is 4.51. The van der Waals surface area contributed by atoms with Gasteiger partial charge in [0.1, 0.15) is 11.3 Å². The molecule has 1 aliphatic rings. The zero-order valence-electron chi connectivity index (χ0n) is 17.2. The third-order valence-corrected chi connectivity index (χ3v) is 5.95. The molecule has 5 N–H and O–H groups in total. The average Bonchev–Trinajstić information content (AvgIpc) is 3.12. The van der Waals surface area contributed by atoms with Gasteiger partial charge < -0.3 is 20.1 Å². The van der Waals surface area contributed by atoms with Crippen LogP contribution in [-0.2, 0) is 6.42 Å². The first-order valence-electron chi connectivity index (χ1n) is 10.1. The molecule has 31 heavy (non-hydrogen) atoms. The molecule has 8 heteroatoms. The molecule has 0 bridgehead atoms. The van der Waals surface area contributed by atoms with Crippen LogP contribution in [0.5, 0.6) is 11.6 Å². The number of aromatic amines is 2. The van der Waals surface area contributed by atoms with Gasteiger partial charge in [0.15, 0.2) is 6.04 Å². The highest BCUT2D eigenvalue weighted by atomic mass is 16.5. The molecule has 0 amide bonds. The number of nitrogens with one attached hydrogen (secondary N) is 2. The van der Waals surface area contributed by atoms with E-state index in [2.05, 4.69) is 9.97 Å². The number of H-pyrrole nitrogens is 2. The van der Waals surface area contributed by atoms with Crippen LogP contribution >= 0.6 is 0 Å². The van der Waals surface area contributed by atoms with Crippen LogP contribution in [0.2, 0.25) is 0 Å². The minimum Gasteiger partial charge on any atom is -0.497 e. The van der Waals surface area contributed by atoms with Crippen molar-refractivity contribution in [2.75, 3.05) is 13.7 Å². The first-order valence-corrected chi connectivity index (χ1v) is 10.1. The molecule has 0 saturated carbocycles. The molecule has 0 unspecified atom stereocenters. The summed E-state index contributed by atoms with van der Waals surface area (Å²) in [6, 6.07) is 12.5. The summed E-state index contributed by atoms with van der Waals surface area (Å²) in [6.07, 6.45) is 0.815. The zero-order chi connectivity index (χ0) is 21.7. The van der Waals surface area contributed by atoms with Crippen LogP contribution in [0, 0.1) is 6.92 Å². The number of aryl methyl sites for hydroxylation is 1. The largest absolute Gasteiger partial charge is 0.497 e. The minimum atomic E-state index is -0.672. The fourth-order valence-electron chi connectivity index (χ4n) is 4.51. The van der Waals surface area contributed by atoms with Crippen molar-refractivity contribution in [3.63, 3.8) is 0 Å². The van der Waals surface area contributed by atoms with Gasteiger partial charge >= 0.3 is 5.69 Å². The number of quaternary nitrogens is 1. The van der Waals surface area contributed by atoms with Crippen LogP contribution in [0.15, 0.2) is 52.1 Å². The van der Waals surface area contributed by atoms with E-state index >= 15 is 0 Å². The number of benzene rings is 2. The van der Waals surface area contributed by atoms with Gasteiger partial charge in [0.05, 0.1) is 25.0 Å². The van der Waals surface area contributed by atoms with Gasteiger partial charge in [0.2, 0.25) is 5.88 Å². The van der Waals surface area contributed by atoms with Gasteiger partial charge in [0, 0.05) is 17.3 Å². The highest BCUT2D eigenvalue weighted by Gasteiger charge is 2.34. The van der Waals surface area contributed by atoms with Crippen molar-refractivity contribution >= 4 is 10.9 Å². The molecule has 0 radical (unpaired) electrons. The standard InChI is InChI=1S/C23H22N4O4/c1-12-4-3-5-13(10-12)27-22(29)18(21(28)26-23(27)30)20-19-15(8-9-24-20)16-11-14(31-2)6-7-17(16)25-19/h3-7,10-11,20,24-25,29H,8-9H2,1-2H3,(H,26,28,30)/p+1/t20-/m1/s1. The summed E-state index contributed by atoms with van der Waals surface area (Å²) < 4.78 is 6.52. The van der Waals surface area contributed by atoms with Crippen LogP contribution in [0.3, 0.4) is 0 Å². The third kappa shape index (κ3) is 3.03. The van der Waals surface area contributed by atoms with Gasteiger partial charge in [-0.05, 0) is 48.4 Å². The van der Waals surface area contributed by atoms with Crippen LogP contribution in [-0.4, -0.2) is 33.3 Å². The maximum atomic E-state index is 12.9. The predicted octanol–water partition coefficient (Wildman–Crippen LogP) is 1.24. The lowest BCUT2D eigenvalue weighted by Crippen LogP contribution is -2.87. The lowest BCUT2D eigenvalue weighted by Gasteiger charge is -2.22. The topological polar surface area (TPSA) is 117 Å². The predicted molar refractivity (Wildman–Crippen MR) is 116 cm³/mol. The van der Waals surface area contributed by atoms with E-state index in [1.54, 1.807) is 25.3 Å². The van der Waals surface area contributed by atoms with Crippen LogP contribution in [0.1, 0.15) is 28.4 Å². The van der Waals surface area contributed by atoms with E-state index in [9.17, 15) is 14.7 Å². The molecule has 8 nitrogen and oxygen atoms in total. The second-order valence-electron chi connectivity index (χ2n) is 7.85. The van der Waals surface area contributed by atoms with Crippen molar-refractivity contribution in [2.24, 2.45) is 0 Å². The highest BCUT2D eigenvalue weighted by Crippen LogP contribution is 2.34. The Balaban J connectivity index is 1.73. The third-order valence-electron chi connectivity index (χ3n) is 5.95. The quantitative estimate of drug-likeness (QED) is 0.400. The summed E-state index contributed by atoms with van der Waals surface area (Å²) in [5.74, 6) is 0.416. The molecule has 1 atom stereocenters. The van der Waals surface area contributed by atoms with Crippen molar-refractivity contribution in [2.45, 2.75) is 19.4 Å². The van der Waals surface area contributed by atoms with E-state index in [4.69, 9.17) is 4.74 Å². The SMILES string of the molecule is COc1ccc2[nH]c3c(c2c1)CC[NH2+][C@@H]3c1c(O)n(-c2cccc(C)c2)c(=O)[nH]c1=O. The fraction of sp³-hybridized carbons (Fsp3) is 0.217. The first kappa shape index (κ1) is 19.2. The number of hydrogen-bond donors (Lipinski definition) is 4. The Morgan fingerprint density at radius 1 is 1.16 bits per heavy atom. The molecule has 4 aromatic rings. The van der Waals surface area contributed by atoms with E-state index < -0.39 is 17.3 Å². The molecule has 2 aromatic heterocycles. The molecule has 158 valence electrons. The molecular formula is C23H23N4O4+. The smallest absolute Gasteiger partial charge is 0.335 e. The van der Waals surface area contributed by atoms with Gasteiger partial charge in [-0.2, -0.15) is 0 Å². The van der Waals surface area contributed by atoms with Crippen molar-refractivity contribution in [1.82, 2.24) is 14.5 Å². The van der Waals surface area contributed by atoms with Gasteiger partial charge in [-0.15, -0.1) is 0 Å². The van der Waals surface area contributed by atoms with Gasteiger partial charge in [-0.1, -0.05) is 12.1 Å². The summed E-state index contributed by atoms with van der Waals surface area (Å²) in [6.45, 7) is 2.64. The lowest BCUT2D eigenvalue weighted by atomic mass is 9.95. The number of aromatic hydroxyl groups is 1. The van der Waals surface area contributed by atoms with Gasteiger partial charge in [-0.25, -0.2) is 9.36 Å². The number of fused-ring (bicyclic) bond motifs is 3. The zero-order valence-corrected chi connectivity index (χ0v) is 17.2. The minimum absolute atomic E-state index is 0.153. The number of ether oxygens (including phenoxy) is 1. The molecule has 0 saturated heterocycles. The summed E-state index contributed by atoms with van der Waals surface area (Å²) in [5.41, 5.74) is 3.21. The Morgan fingerprint density at radius 2 is 2.00 bits per heavy atom. The van der Waals surface area contributed by atoms with E-state index in [-0.39, 0.29) is 11.4 Å². The number of hydrogen-bond acceptors (Lipinski definition) is 4. The van der Waals surface area contributed by atoms with Crippen molar-refractivity contribution in [1.29, 1.82) is 0 Å². The number of nitrogens with zero attached hydrogens (tertiary/aromatic N) is 1. The van der Waals surface area contributed by atoms with Crippen molar-refractivity contribution in [3.8, 4) is 17.3 Å². The van der Waals surface area contributed by atoms with Gasteiger partial charge in [-0.3, -0.25) is 9.78 Å². The van der Waals surface area contributed by atoms with Crippen LogP contribution < -0.4 is 21.3 Å². The Labute approximate surface area is 177 Å². The lowest BCUT2D eigenvalue weighted by molar-refractivity contribution is -0.690. The molecule has 2 aromatic carbocycles. The summed E-state index contributed by atoms with van der Waals surface area (Å²) >= 11 is 0. The Morgan fingerprint density at radius 3 is 2.77 bits per heavy atom. The van der Waals surface area contributed by atoms with E-state index in [1.165, 1.54) is 0 Å². The van der Waals surface area contributed by atoms with Crippen LogP contribution in [0.25, 0.3) is 16.6 Å². The van der Waals surface area contributed by atoms with Crippen molar-refractivity contribution < 1.29 is 15.2 Å². The average molecular weight is 419 g/mol. The molecule has 0 fully saturated rings. The summed E-state index contributed by atoms with van der Waals surface area (Å²) in [5, 5.41) is 14.2. The van der Waals surface area contributed by atoms with Crippen molar-refractivity contribution in [3.05, 3.63) is 85.7 Å². The summed E-state index contributed by atoms with van der Waals surface area (Å²) in [4.78, 5) is 31.2. The second kappa shape index (κ2) is 7.17. The highest BCUT2D eigenvalue weighted by molar-refractivity contribution is 5.86. The summed E-state index contributed by atoms with van der Waals surface area (Å²) in [7, 11) is 1.63. The second-order valence-corrected chi connectivity index (χ2v) is 7.85. The Kier molecular flexibility index (Phi) is 4.44. The molecule has 1 aliphatic heterocycles. The Hall–Kier alpha value is -3.78. The van der Waals surface area contributed by atoms with E-state index in [0.29, 0.717) is 5.69 Å². The molecular weight excluding hydrogens is 396 g/mol. The monoisotopic (exact) mass is 419 g/mol. The van der Waals surface area contributed by atoms with Crippen LogP contribution in [0.4, 0.5) is 0 Å². The first-order chi connectivity index (χ1) is 15.0. The maximum Gasteiger partial charge on any atom is 0.335 e. The molecule has 5 rings (SSSR count). The Bertz CT molecular complexity index is 1430. The van der Waals surface area contributed by atoms with Gasteiger partial charge in [0.25, 0.3) is 5.56 Å². The normalized spacial score (nSPS) is 15.7. The van der Waals surface area contributed by atoms with E-state index in [1.807, 2.05) is 36.5 Å². The molecule has 0 spiro atoms. The molecule has 3 heterocycles. The maximum absolute atomic E-state index is 12.9. The van der Waals surface area contributed by atoms with E-state index in [0.717, 1.165) is 51.0 Å².